The number of aliphatic hydroxyl groups excluding tert-OH is 1. The van der Waals surface area contributed by atoms with Crippen LogP contribution in [-0.2, 0) is 0 Å². The van der Waals surface area contributed by atoms with Gasteiger partial charge in [-0.3, -0.25) is 0 Å². The summed E-state index contributed by atoms with van der Waals surface area (Å²) in [4.78, 5) is 3.66. The van der Waals surface area contributed by atoms with E-state index in [1.54, 1.807) is 0 Å². The third kappa shape index (κ3) is 4.99. The molecular formula is C15H22ClNOS. The number of nitrogens with zero attached hydrogens (tertiary/aromatic N) is 1. The predicted octanol–water partition coefficient (Wildman–Crippen LogP) is 3.53. The van der Waals surface area contributed by atoms with Gasteiger partial charge in [0.25, 0.3) is 0 Å². The zero-order valence-electron chi connectivity index (χ0n) is 11.2. The summed E-state index contributed by atoms with van der Waals surface area (Å²) in [6.07, 6.45) is 3.58. The van der Waals surface area contributed by atoms with E-state index in [1.165, 1.54) is 30.7 Å². The molecule has 1 aliphatic rings. The fourth-order valence-corrected chi connectivity index (χ4v) is 3.71. The largest absolute Gasteiger partial charge is 0.396 e. The van der Waals surface area contributed by atoms with Crippen molar-refractivity contribution in [2.45, 2.75) is 24.2 Å². The first kappa shape index (κ1) is 15.2. The van der Waals surface area contributed by atoms with E-state index in [0.717, 1.165) is 23.9 Å². The van der Waals surface area contributed by atoms with E-state index in [1.807, 2.05) is 30.0 Å². The molecule has 1 aromatic rings. The Balaban J connectivity index is 1.65. The molecule has 1 N–H and O–H groups in total. The molecule has 0 bridgehead atoms. The third-order valence-electron chi connectivity index (χ3n) is 3.57. The minimum Gasteiger partial charge on any atom is -0.396 e. The molecule has 19 heavy (non-hydrogen) atoms. The van der Waals surface area contributed by atoms with Crippen LogP contribution in [0.25, 0.3) is 0 Å². The fourth-order valence-electron chi connectivity index (χ4n) is 2.54. The second-order valence-electron chi connectivity index (χ2n) is 5.12. The molecule has 2 nitrogen and oxygen atoms in total. The second-order valence-corrected chi connectivity index (χ2v) is 6.67. The van der Waals surface area contributed by atoms with E-state index in [4.69, 9.17) is 11.6 Å². The zero-order valence-corrected chi connectivity index (χ0v) is 12.8. The molecule has 0 aliphatic carbocycles. The zero-order chi connectivity index (χ0) is 13.5. The smallest absolute Gasteiger partial charge is 0.0541 e. The van der Waals surface area contributed by atoms with Crippen LogP contribution in [0, 0.1) is 5.92 Å². The molecule has 1 saturated heterocycles. The predicted molar refractivity (Wildman–Crippen MR) is 83.0 cm³/mol. The number of hydrogen-bond acceptors (Lipinski definition) is 3. The maximum Gasteiger partial charge on any atom is 0.0541 e. The molecule has 4 heteroatoms. The lowest BCUT2D eigenvalue weighted by Crippen LogP contribution is -2.37. The van der Waals surface area contributed by atoms with Gasteiger partial charge in [0.05, 0.1) is 5.02 Å². The van der Waals surface area contributed by atoms with Crippen molar-refractivity contribution < 1.29 is 5.11 Å². The van der Waals surface area contributed by atoms with E-state index in [0.29, 0.717) is 12.5 Å². The van der Waals surface area contributed by atoms with Crippen LogP contribution in [0.2, 0.25) is 5.02 Å². The van der Waals surface area contributed by atoms with Crippen molar-refractivity contribution in [1.29, 1.82) is 0 Å². The van der Waals surface area contributed by atoms with Gasteiger partial charge in [0.15, 0.2) is 0 Å². The van der Waals surface area contributed by atoms with Crippen molar-refractivity contribution in [3.63, 3.8) is 0 Å². The molecule has 1 unspecified atom stereocenters. The van der Waals surface area contributed by atoms with Crippen LogP contribution in [0.3, 0.4) is 0 Å². The average molecular weight is 300 g/mol. The molecule has 1 atom stereocenters. The van der Waals surface area contributed by atoms with Crippen molar-refractivity contribution in [2.75, 3.05) is 32.0 Å². The first-order valence-electron chi connectivity index (χ1n) is 7.00. The summed E-state index contributed by atoms with van der Waals surface area (Å²) in [5, 5.41) is 10.1. The Morgan fingerprint density at radius 2 is 2.21 bits per heavy atom. The van der Waals surface area contributed by atoms with Crippen LogP contribution in [-0.4, -0.2) is 42.0 Å². The lowest BCUT2D eigenvalue weighted by atomic mass is 9.99. The molecule has 106 valence electrons. The summed E-state index contributed by atoms with van der Waals surface area (Å²) in [6, 6.07) is 8.02. The van der Waals surface area contributed by atoms with Gasteiger partial charge in [-0.05, 0) is 56.2 Å². The summed E-state index contributed by atoms with van der Waals surface area (Å²) >= 11 is 7.96. The number of piperidine rings is 1. The highest BCUT2D eigenvalue weighted by Crippen LogP contribution is 2.27. The van der Waals surface area contributed by atoms with Crippen molar-refractivity contribution in [3.05, 3.63) is 29.3 Å². The Labute approximate surface area is 125 Å². The highest BCUT2D eigenvalue weighted by Gasteiger charge is 2.18. The molecule has 0 radical (unpaired) electrons. The summed E-state index contributed by atoms with van der Waals surface area (Å²) in [7, 11) is 0. The third-order valence-corrected chi connectivity index (χ3v) is 5.18. The van der Waals surface area contributed by atoms with Crippen LogP contribution in [0.15, 0.2) is 29.2 Å². The van der Waals surface area contributed by atoms with Crippen molar-refractivity contribution in [3.8, 4) is 0 Å². The van der Waals surface area contributed by atoms with E-state index in [2.05, 4.69) is 11.0 Å². The number of hydrogen-bond donors (Lipinski definition) is 1. The summed E-state index contributed by atoms with van der Waals surface area (Å²) in [5.41, 5.74) is 0. The van der Waals surface area contributed by atoms with Gasteiger partial charge in [-0.15, -0.1) is 11.8 Å². The topological polar surface area (TPSA) is 23.5 Å². The lowest BCUT2D eigenvalue weighted by molar-refractivity contribution is 0.121. The molecule has 1 aliphatic heterocycles. The maximum absolute atomic E-state index is 9.21. The number of thioether (sulfide) groups is 1. The van der Waals surface area contributed by atoms with Gasteiger partial charge in [0, 0.05) is 18.0 Å². The minimum absolute atomic E-state index is 0.338. The summed E-state index contributed by atoms with van der Waals surface area (Å²) in [6.45, 7) is 3.72. The van der Waals surface area contributed by atoms with E-state index in [9.17, 15) is 5.11 Å². The molecular weight excluding hydrogens is 278 g/mol. The fraction of sp³-hybridized carbons (Fsp3) is 0.600. The molecule has 0 saturated carbocycles. The van der Waals surface area contributed by atoms with E-state index in [-0.39, 0.29) is 0 Å². The Bertz CT molecular complexity index is 388. The maximum atomic E-state index is 9.21. The number of likely N-dealkylation sites (tertiary alicyclic amines) is 1. The van der Waals surface area contributed by atoms with Crippen LogP contribution in [0.5, 0.6) is 0 Å². The number of aliphatic hydroxyl groups is 1. The van der Waals surface area contributed by atoms with Gasteiger partial charge >= 0.3 is 0 Å². The first-order valence-corrected chi connectivity index (χ1v) is 8.36. The van der Waals surface area contributed by atoms with Gasteiger partial charge in [-0.25, -0.2) is 0 Å². The summed E-state index contributed by atoms with van der Waals surface area (Å²) < 4.78 is 0. The minimum atomic E-state index is 0.338. The van der Waals surface area contributed by atoms with E-state index < -0.39 is 0 Å². The number of benzene rings is 1. The van der Waals surface area contributed by atoms with Crippen LogP contribution < -0.4 is 0 Å². The number of halogens is 1. The monoisotopic (exact) mass is 299 g/mol. The molecule has 0 spiro atoms. The van der Waals surface area contributed by atoms with Gasteiger partial charge in [0.1, 0.15) is 0 Å². The van der Waals surface area contributed by atoms with Gasteiger partial charge in [-0.1, -0.05) is 23.7 Å². The normalized spacial score (nSPS) is 20.6. The highest BCUT2D eigenvalue weighted by molar-refractivity contribution is 7.99. The van der Waals surface area contributed by atoms with Crippen molar-refractivity contribution >= 4 is 23.4 Å². The first-order chi connectivity index (χ1) is 9.29. The quantitative estimate of drug-likeness (QED) is 0.642. The average Bonchev–Trinajstić information content (AvgIpc) is 2.45. The highest BCUT2D eigenvalue weighted by atomic mass is 35.5. The van der Waals surface area contributed by atoms with E-state index >= 15 is 0 Å². The summed E-state index contributed by atoms with van der Waals surface area (Å²) in [5.74, 6) is 1.59. The standard InChI is InChI=1S/C15H22ClNOS/c16-14-6-1-2-7-15(14)19-10-4-9-17-8-3-5-13(11-17)12-18/h1-2,6-7,13,18H,3-5,8-12H2. The van der Waals surface area contributed by atoms with Crippen LogP contribution in [0.4, 0.5) is 0 Å². The Morgan fingerprint density at radius 3 is 3.00 bits per heavy atom. The van der Waals surface area contributed by atoms with Crippen molar-refractivity contribution in [2.24, 2.45) is 5.92 Å². The SMILES string of the molecule is OCC1CCCN(CCCSc2ccccc2Cl)C1. The molecule has 2 rings (SSSR count). The number of rotatable bonds is 6. The van der Waals surface area contributed by atoms with Gasteiger partial charge in [-0.2, -0.15) is 0 Å². The Morgan fingerprint density at radius 1 is 1.37 bits per heavy atom. The molecule has 0 amide bonds. The molecule has 0 aromatic heterocycles. The second kappa shape index (κ2) is 8.15. The van der Waals surface area contributed by atoms with Crippen LogP contribution >= 0.6 is 23.4 Å². The Kier molecular flexibility index (Phi) is 6.51. The molecule has 1 fully saturated rings. The van der Waals surface area contributed by atoms with Crippen LogP contribution in [0.1, 0.15) is 19.3 Å². The van der Waals surface area contributed by atoms with Crippen molar-refractivity contribution in [1.82, 2.24) is 4.90 Å². The lowest BCUT2D eigenvalue weighted by Gasteiger charge is -2.31. The van der Waals surface area contributed by atoms with Gasteiger partial charge in [0.2, 0.25) is 0 Å². The molecule has 1 heterocycles. The molecule has 1 aromatic carbocycles. The Hall–Kier alpha value is -0.220. The van der Waals surface area contributed by atoms with Gasteiger partial charge < -0.3 is 10.0 Å².